The summed E-state index contributed by atoms with van der Waals surface area (Å²) < 4.78 is 11.4. The Bertz CT molecular complexity index is 200. The molecule has 1 atom stereocenters. The Labute approximate surface area is 88.3 Å². The van der Waals surface area contributed by atoms with E-state index in [-0.39, 0.29) is 0 Å². The highest BCUT2D eigenvalue weighted by Gasteiger charge is 2.24. The van der Waals surface area contributed by atoms with Crippen molar-refractivity contribution in [3.63, 3.8) is 0 Å². The monoisotopic (exact) mass is 214 g/mol. The fraction of sp³-hybridized carbons (Fsp3) is 0.818. The standard InChI is InChI=1S/C11H22O2Si/c1-5-11(14(2,3)4)13-10-7-6-8-12-9-10/h5,10H,6-9H2,1-4H3. The van der Waals surface area contributed by atoms with Crippen molar-refractivity contribution >= 4 is 8.07 Å². The summed E-state index contributed by atoms with van der Waals surface area (Å²) in [6.07, 6.45) is 4.69. The molecule has 1 aliphatic heterocycles. The van der Waals surface area contributed by atoms with Crippen molar-refractivity contribution in [3.05, 3.63) is 11.5 Å². The largest absolute Gasteiger partial charge is 0.498 e. The van der Waals surface area contributed by atoms with Gasteiger partial charge in [-0.15, -0.1) is 0 Å². The average molecular weight is 214 g/mol. The fourth-order valence-corrected chi connectivity index (χ4v) is 3.05. The van der Waals surface area contributed by atoms with Gasteiger partial charge in [-0.1, -0.05) is 25.7 Å². The second-order valence-corrected chi connectivity index (χ2v) is 9.85. The Kier molecular flexibility index (Phi) is 4.20. The van der Waals surface area contributed by atoms with Crippen molar-refractivity contribution in [1.82, 2.24) is 0 Å². The van der Waals surface area contributed by atoms with Gasteiger partial charge in [0.2, 0.25) is 0 Å². The molecule has 0 aromatic rings. The normalized spacial score (nSPS) is 24.9. The lowest BCUT2D eigenvalue weighted by atomic mass is 10.2. The molecule has 14 heavy (non-hydrogen) atoms. The number of rotatable bonds is 3. The van der Waals surface area contributed by atoms with Crippen LogP contribution in [0.2, 0.25) is 19.6 Å². The molecule has 0 radical (unpaired) electrons. The van der Waals surface area contributed by atoms with Gasteiger partial charge in [0, 0.05) is 6.61 Å². The molecule has 0 saturated carbocycles. The van der Waals surface area contributed by atoms with Gasteiger partial charge in [-0.3, -0.25) is 0 Å². The number of hydrogen-bond acceptors (Lipinski definition) is 2. The molecule has 1 rings (SSSR count). The molecule has 0 aliphatic carbocycles. The van der Waals surface area contributed by atoms with Gasteiger partial charge in [0.05, 0.1) is 12.0 Å². The van der Waals surface area contributed by atoms with Crippen LogP contribution in [0.15, 0.2) is 11.5 Å². The summed E-state index contributed by atoms with van der Waals surface area (Å²) in [6.45, 7) is 10.7. The van der Waals surface area contributed by atoms with Gasteiger partial charge in [0.15, 0.2) is 0 Å². The van der Waals surface area contributed by atoms with Crippen LogP contribution in [0.25, 0.3) is 0 Å². The lowest BCUT2D eigenvalue weighted by Crippen LogP contribution is -2.32. The van der Waals surface area contributed by atoms with Crippen LogP contribution in [0.4, 0.5) is 0 Å². The SMILES string of the molecule is CC=C(OC1CCCOC1)[Si](C)(C)C. The third kappa shape index (κ3) is 3.46. The van der Waals surface area contributed by atoms with Crippen molar-refractivity contribution in [1.29, 1.82) is 0 Å². The summed E-state index contributed by atoms with van der Waals surface area (Å²) in [5, 5.41) is 1.22. The fourth-order valence-electron chi connectivity index (χ4n) is 1.66. The molecule has 1 heterocycles. The van der Waals surface area contributed by atoms with Gasteiger partial charge < -0.3 is 9.47 Å². The maximum absolute atomic E-state index is 6.00. The van der Waals surface area contributed by atoms with E-state index >= 15 is 0 Å². The molecular weight excluding hydrogens is 192 g/mol. The first kappa shape index (κ1) is 11.8. The smallest absolute Gasteiger partial charge is 0.122 e. The van der Waals surface area contributed by atoms with Crippen molar-refractivity contribution in [2.24, 2.45) is 0 Å². The number of allylic oxidation sites excluding steroid dienone is 1. The molecule has 2 nitrogen and oxygen atoms in total. The van der Waals surface area contributed by atoms with Gasteiger partial charge in [0.25, 0.3) is 0 Å². The lowest BCUT2D eigenvalue weighted by Gasteiger charge is -2.29. The minimum Gasteiger partial charge on any atom is -0.498 e. The molecule has 1 aliphatic rings. The van der Waals surface area contributed by atoms with E-state index in [1.165, 1.54) is 5.38 Å². The minimum atomic E-state index is -1.29. The van der Waals surface area contributed by atoms with Crippen molar-refractivity contribution in [2.75, 3.05) is 13.2 Å². The van der Waals surface area contributed by atoms with Gasteiger partial charge in [-0.25, -0.2) is 0 Å². The van der Waals surface area contributed by atoms with Crippen molar-refractivity contribution < 1.29 is 9.47 Å². The van der Waals surface area contributed by atoms with Crippen molar-refractivity contribution in [2.45, 2.75) is 45.5 Å². The zero-order valence-corrected chi connectivity index (χ0v) is 10.8. The summed E-state index contributed by atoms with van der Waals surface area (Å²) in [7, 11) is -1.29. The molecule has 0 amide bonds. The second kappa shape index (κ2) is 4.98. The first-order valence-electron chi connectivity index (χ1n) is 5.45. The molecule has 0 aromatic heterocycles. The van der Waals surface area contributed by atoms with E-state index in [4.69, 9.17) is 9.47 Å². The molecule has 1 unspecified atom stereocenters. The average Bonchev–Trinajstić information content (AvgIpc) is 2.14. The van der Waals surface area contributed by atoms with Crippen LogP contribution in [-0.2, 0) is 9.47 Å². The van der Waals surface area contributed by atoms with E-state index in [9.17, 15) is 0 Å². The van der Waals surface area contributed by atoms with Crippen LogP contribution in [0.3, 0.4) is 0 Å². The third-order valence-electron chi connectivity index (χ3n) is 2.41. The quantitative estimate of drug-likeness (QED) is 0.531. The first-order chi connectivity index (χ1) is 6.54. The van der Waals surface area contributed by atoms with Crippen LogP contribution < -0.4 is 0 Å². The molecule has 1 fully saturated rings. The van der Waals surface area contributed by atoms with Crippen LogP contribution in [0.1, 0.15) is 19.8 Å². The molecule has 82 valence electrons. The van der Waals surface area contributed by atoms with Gasteiger partial charge in [0.1, 0.15) is 14.2 Å². The molecule has 0 spiro atoms. The summed E-state index contributed by atoms with van der Waals surface area (Å²) in [4.78, 5) is 0. The molecule has 0 bridgehead atoms. The third-order valence-corrected chi connectivity index (χ3v) is 4.30. The van der Waals surface area contributed by atoms with Crippen LogP contribution in [0.5, 0.6) is 0 Å². The van der Waals surface area contributed by atoms with Crippen LogP contribution in [-0.4, -0.2) is 27.4 Å². The lowest BCUT2D eigenvalue weighted by molar-refractivity contribution is -0.0179. The van der Waals surface area contributed by atoms with Crippen LogP contribution in [0, 0.1) is 0 Å². The minimum absolute atomic E-state index is 0.293. The topological polar surface area (TPSA) is 18.5 Å². The molecule has 1 saturated heterocycles. The van der Waals surface area contributed by atoms with E-state index in [1.54, 1.807) is 0 Å². The Morgan fingerprint density at radius 2 is 2.14 bits per heavy atom. The number of ether oxygens (including phenoxy) is 2. The Morgan fingerprint density at radius 1 is 1.43 bits per heavy atom. The predicted molar refractivity (Wildman–Crippen MR) is 62.0 cm³/mol. The summed E-state index contributed by atoms with van der Waals surface area (Å²) in [5.41, 5.74) is 0. The molecule has 0 aromatic carbocycles. The van der Waals surface area contributed by atoms with E-state index in [0.29, 0.717) is 6.10 Å². The maximum atomic E-state index is 6.00. The predicted octanol–water partition coefficient (Wildman–Crippen LogP) is 2.96. The Balaban J connectivity index is 2.48. The molecule has 3 heteroatoms. The zero-order chi connectivity index (χ0) is 10.6. The molecule has 0 N–H and O–H groups in total. The Hall–Kier alpha value is -0.283. The Morgan fingerprint density at radius 3 is 2.57 bits per heavy atom. The highest BCUT2D eigenvalue weighted by Crippen LogP contribution is 2.21. The summed E-state index contributed by atoms with van der Waals surface area (Å²) >= 11 is 0. The molecular formula is C11H22O2Si. The maximum Gasteiger partial charge on any atom is 0.122 e. The van der Waals surface area contributed by atoms with E-state index in [0.717, 1.165) is 26.1 Å². The van der Waals surface area contributed by atoms with E-state index in [1.807, 2.05) is 0 Å². The number of hydrogen-bond donors (Lipinski definition) is 0. The van der Waals surface area contributed by atoms with E-state index in [2.05, 4.69) is 32.6 Å². The van der Waals surface area contributed by atoms with Gasteiger partial charge in [-0.2, -0.15) is 0 Å². The van der Waals surface area contributed by atoms with Crippen molar-refractivity contribution in [3.8, 4) is 0 Å². The van der Waals surface area contributed by atoms with Gasteiger partial charge >= 0.3 is 0 Å². The first-order valence-corrected chi connectivity index (χ1v) is 8.95. The highest BCUT2D eigenvalue weighted by atomic mass is 28.3. The highest BCUT2D eigenvalue weighted by molar-refractivity contribution is 6.82. The summed E-state index contributed by atoms with van der Waals surface area (Å²) in [6, 6.07) is 0. The second-order valence-electron chi connectivity index (χ2n) is 4.86. The van der Waals surface area contributed by atoms with E-state index < -0.39 is 8.07 Å². The van der Waals surface area contributed by atoms with Crippen LogP contribution >= 0.6 is 0 Å². The summed E-state index contributed by atoms with van der Waals surface area (Å²) in [5.74, 6) is 0. The zero-order valence-electron chi connectivity index (χ0n) is 9.80. The van der Waals surface area contributed by atoms with Gasteiger partial charge in [-0.05, 0) is 19.8 Å².